The number of rotatable bonds is 4. The molecule has 0 aliphatic heterocycles. The fourth-order valence-corrected chi connectivity index (χ4v) is 2.35. The molecule has 1 heterocycles. The van der Waals surface area contributed by atoms with Crippen molar-refractivity contribution in [2.45, 2.75) is 6.42 Å². The number of fused-ring (bicyclic) bond motifs is 1. The van der Waals surface area contributed by atoms with Gasteiger partial charge in [-0.15, -0.1) is 11.3 Å². The molecule has 0 saturated carbocycles. The van der Waals surface area contributed by atoms with Gasteiger partial charge < -0.3 is 11.1 Å². The monoisotopic (exact) mass is 206 g/mol. The Morgan fingerprint density at radius 3 is 3.07 bits per heavy atom. The van der Waals surface area contributed by atoms with Crippen molar-refractivity contribution < 1.29 is 0 Å². The summed E-state index contributed by atoms with van der Waals surface area (Å²) in [6.45, 7) is 1.70. The third-order valence-corrected chi connectivity index (χ3v) is 3.14. The molecule has 0 atom stereocenters. The lowest BCUT2D eigenvalue weighted by Crippen LogP contribution is -2.08. The molecule has 0 saturated heterocycles. The zero-order valence-corrected chi connectivity index (χ0v) is 8.81. The Hall–Kier alpha value is -1.06. The summed E-state index contributed by atoms with van der Waals surface area (Å²) >= 11 is 1.78. The minimum absolute atomic E-state index is 0.743. The molecule has 0 spiro atoms. The highest BCUT2D eigenvalue weighted by Gasteiger charge is 1.99. The average Bonchev–Trinajstić information content (AvgIpc) is 2.67. The van der Waals surface area contributed by atoms with E-state index in [0.29, 0.717) is 0 Å². The van der Waals surface area contributed by atoms with Crippen LogP contribution in [0.4, 0.5) is 5.69 Å². The Morgan fingerprint density at radius 1 is 1.29 bits per heavy atom. The highest BCUT2D eigenvalue weighted by Crippen LogP contribution is 2.28. The second-order valence-electron chi connectivity index (χ2n) is 3.21. The lowest BCUT2D eigenvalue weighted by atomic mass is 10.2. The maximum absolute atomic E-state index is 5.45. The molecule has 3 N–H and O–H groups in total. The number of anilines is 1. The average molecular weight is 206 g/mol. The van der Waals surface area contributed by atoms with E-state index in [2.05, 4.69) is 35.0 Å². The van der Waals surface area contributed by atoms with Gasteiger partial charge in [-0.3, -0.25) is 0 Å². The molecule has 1 aromatic heterocycles. The Kier molecular flexibility index (Phi) is 3.01. The Balaban J connectivity index is 2.19. The number of hydrogen-bond donors (Lipinski definition) is 2. The molecule has 0 unspecified atom stereocenters. The van der Waals surface area contributed by atoms with Gasteiger partial charge in [0, 0.05) is 6.54 Å². The maximum atomic E-state index is 5.45. The van der Waals surface area contributed by atoms with E-state index in [1.54, 1.807) is 11.3 Å². The Labute approximate surface area is 87.7 Å². The van der Waals surface area contributed by atoms with Crippen LogP contribution >= 0.6 is 11.3 Å². The third-order valence-electron chi connectivity index (χ3n) is 2.18. The van der Waals surface area contributed by atoms with Crippen molar-refractivity contribution in [1.29, 1.82) is 0 Å². The summed E-state index contributed by atoms with van der Waals surface area (Å²) < 4.78 is 1.34. The molecule has 14 heavy (non-hydrogen) atoms. The van der Waals surface area contributed by atoms with Crippen LogP contribution in [0.1, 0.15) is 6.42 Å². The molecule has 2 aromatic rings. The molecular formula is C11H14N2S. The molecule has 0 aliphatic rings. The van der Waals surface area contributed by atoms with E-state index in [4.69, 9.17) is 5.73 Å². The van der Waals surface area contributed by atoms with Gasteiger partial charge >= 0.3 is 0 Å². The van der Waals surface area contributed by atoms with Gasteiger partial charge in [0.2, 0.25) is 0 Å². The molecule has 0 fully saturated rings. The van der Waals surface area contributed by atoms with Crippen LogP contribution in [0, 0.1) is 0 Å². The van der Waals surface area contributed by atoms with Crippen molar-refractivity contribution in [2.75, 3.05) is 18.4 Å². The first-order valence-corrected chi connectivity index (χ1v) is 5.70. The maximum Gasteiger partial charge on any atom is 0.0574 e. The van der Waals surface area contributed by atoms with Crippen molar-refractivity contribution in [3.63, 3.8) is 0 Å². The van der Waals surface area contributed by atoms with E-state index in [0.717, 1.165) is 19.5 Å². The van der Waals surface area contributed by atoms with Crippen molar-refractivity contribution >= 4 is 27.1 Å². The summed E-state index contributed by atoms with van der Waals surface area (Å²) in [5.74, 6) is 0. The topological polar surface area (TPSA) is 38.0 Å². The minimum Gasteiger partial charge on any atom is -0.384 e. The molecule has 74 valence electrons. The van der Waals surface area contributed by atoms with Gasteiger partial charge in [-0.1, -0.05) is 12.1 Å². The first kappa shape index (κ1) is 9.49. The largest absolute Gasteiger partial charge is 0.384 e. The standard InChI is InChI=1S/C11H14N2S/c12-6-2-7-13-10-4-1-3-9-5-8-14-11(9)10/h1,3-5,8,13H,2,6-7,12H2. The zero-order chi connectivity index (χ0) is 9.80. The van der Waals surface area contributed by atoms with Crippen LogP contribution in [0.15, 0.2) is 29.6 Å². The van der Waals surface area contributed by atoms with Crippen LogP contribution in [0.3, 0.4) is 0 Å². The minimum atomic E-state index is 0.743. The van der Waals surface area contributed by atoms with Crippen molar-refractivity contribution in [1.82, 2.24) is 0 Å². The van der Waals surface area contributed by atoms with Crippen molar-refractivity contribution in [2.24, 2.45) is 5.73 Å². The van der Waals surface area contributed by atoms with Gasteiger partial charge in [0.15, 0.2) is 0 Å². The zero-order valence-electron chi connectivity index (χ0n) is 7.99. The van der Waals surface area contributed by atoms with Crippen LogP contribution in [0.5, 0.6) is 0 Å². The summed E-state index contributed by atoms with van der Waals surface area (Å²) in [7, 11) is 0. The van der Waals surface area contributed by atoms with E-state index in [-0.39, 0.29) is 0 Å². The molecule has 3 heteroatoms. The van der Waals surface area contributed by atoms with E-state index >= 15 is 0 Å². The lowest BCUT2D eigenvalue weighted by Gasteiger charge is -2.05. The normalized spacial score (nSPS) is 10.6. The summed E-state index contributed by atoms with van der Waals surface area (Å²) in [4.78, 5) is 0. The van der Waals surface area contributed by atoms with Gasteiger partial charge in [0.05, 0.1) is 10.4 Å². The van der Waals surface area contributed by atoms with E-state index in [1.807, 2.05) is 0 Å². The number of hydrogen-bond acceptors (Lipinski definition) is 3. The molecule has 2 rings (SSSR count). The molecule has 0 aliphatic carbocycles. The predicted molar refractivity (Wildman–Crippen MR) is 64.0 cm³/mol. The first-order valence-electron chi connectivity index (χ1n) is 4.82. The smallest absolute Gasteiger partial charge is 0.0574 e. The van der Waals surface area contributed by atoms with Crippen LogP contribution in [0.2, 0.25) is 0 Å². The quantitative estimate of drug-likeness (QED) is 0.755. The van der Waals surface area contributed by atoms with Crippen LogP contribution in [-0.4, -0.2) is 13.1 Å². The highest BCUT2D eigenvalue weighted by atomic mass is 32.1. The summed E-state index contributed by atoms with van der Waals surface area (Å²) in [6.07, 6.45) is 1.02. The van der Waals surface area contributed by atoms with Gasteiger partial charge in [0.25, 0.3) is 0 Å². The second kappa shape index (κ2) is 4.44. The highest BCUT2D eigenvalue weighted by molar-refractivity contribution is 7.17. The predicted octanol–water partition coefficient (Wildman–Crippen LogP) is 2.66. The van der Waals surface area contributed by atoms with Gasteiger partial charge in [-0.05, 0) is 35.9 Å². The number of thiophene rings is 1. The molecule has 0 bridgehead atoms. The second-order valence-corrected chi connectivity index (χ2v) is 4.13. The fraction of sp³-hybridized carbons (Fsp3) is 0.273. The summed E-state index contributed by atoms with van der Waals surface area (Å²) in [5.41, 5.74) is 6.68. The molecule has 1 aromatic carbocycles. The Morgan fingerprint density at radius 2 is 2.21 bits per heavy atom. The Bertz CT molecular complexity index is 408. The summed E-state index contributed by atoms with van der Waals surface area (Å²) in [6, 6.07) is 8.49. The van der Waals surface area contributed by atoms with E-state index in [1.165, 1.54) is 15.8 Å². The van der Waals surface area contributed by atoms with Crippen molar-refractivity contribution in [3.05, 3.63) is 29.6 Å². The van der Waals surface area contributed by atoms with Crippen LogP contribution < -0.4 is 11.1 Å². The fourth-order valence-electron chi connectivity index (χ4n) is 1.46. The SMILES string of the molecule is NCCCNc1cccc2ccsc12. The van der Waals surface area contributed by atoms with Crippen LogP contribution in [0.25, 0.3) is 10.1 Å². The number of benzene rings is 1. The lowest BCUT2D eigenvalue weighted by molar-refractivity contribution is 0.875. The number of nitrogens with one attached hydrogen (secondary N) is 1. The molecule has 2 nitrogen and oxygen atoms in total. The van der Waals surface area contributed by atoms with Gasteiger partial charge in [-0.2, -0.15) is 0 Å². The van der Waals surface area contributed by atoms with Gasteiger partial charge in [-0.25, -0.2) is 0 Å². The third kappa shape index (κ3) is 1.89. The molecular weight excluding hydrogens is 192 g/mol. The summed E-state index contributed by atoms with van der Waals surface area (Å²) in [5, 5.41) is 6.84. The van der Waals surface area contributed by atoms with E-state index < -0.39 is 0 Å². The molecule has 0 amide bonds. The first-order chi connectivity index (χ1) is 6.92. The number of nitrogens with two attached hydrogens (primary N) is 1. The van der Waals surface area contributed by atoms with Crippen molar-refractivity contribution in [3.8, 4) is 0 Å². The molecule has 0 radical (unpaired) electrons. The van der Waals surface area contributed by atoms with Crippen LogP contribution in [-0.2, 0) is 0 Å². The van der Waals surface area contributed by atoms with Gasteiger partial charge in [0.1, 0.15) is 0 Å². The van der Waals surface area contributed by atoms with E-state index in [9.17, 15) is 0 Å².